The molecule has 1 aromatic heterocycles. The molecule has 2 heterocycles. The molecule has 0 radical (unpaired) electrons. The second-order valence-electron chi connectivity index (χ2n) is 4.83. The maximum absolute atomic E-state index is 5.44. The summed E-state index contributed by atoms with van der Waals surface area (Å²) in [6.45, 7) is 4.74. The molecule has 88 valence electrons. The number of hydrogen-bond acceptors (Lipinski definition) is 3. The van der Waals surface area contributed by atoms with Crippen LogP contribution >= 0.6 is 0 Å². The van der Waals surface area contributed by atoms with Crippen LogP contribution in [0.15, 0.2) is 12.1 Å². The van der Waals surface area contributed by atoms with E-state index in [2.05, 4.69) is 43.0 Å². The van der Waals surface area contributed by atoms with Crippen LogP contribution in [0.5, 0.6) is 0 Å². The Hall–Kier alpha value is -0.930. The molecule has 0 aliphatic carbocycles. The van der Waals surface area contributed by atoms with Crippen LogP contribution in [0, 0.1) is 6.92 Å². The van der Waals surface area contributed by atoms with Gasteiger partial charge in [-0.2, -0.15) is 0 Å². The molecule has 0 amide bonds. The van der Waals surface area contributed by atoms with E-state index in [4.69, 9.17) is 4.74 Å². The summed E-state index contributed by atoms with van der Waals surface area (Å²) in [5.74, 6) is 0.572. The Labute approximate surface area is 97.4 Å². The number of aryl methyl sites for hydroxylation is 1. The van der Waals surface area contributed by atoms with E-state index in [9.17, 15) is 0 Å². The van der Waals surface area contributed by atoms with Gasteiger partial charge in [0, 0.05) is 24.8 Å². The van der Waals surface area contributed by atoms with Crippen molar-refractivity contribution in [2.24, 2.45) is 0 Å². The third-order valence-electron chi connectivity index (χ3n) is 2.91. The van der Waals surface area contributed by atoms with Crippen LogP contribution in [0.2, 0.25) is 0 Å². The fraction of sp³-hybridized carbons (Fsp3) is 0.615. The van der Waals surface area contributed by atoms with Crippen LogP contribution in [0.1, 0.15) is 29.3 Å². The molecule has 3 heteroatoms. The highest BCUT2D eigenvalue weighted by Gasteiger charge is 2.18. The molecular formula is C13H20N2O. The summed E-state index contributed by atoms with van der Waals surface area (Å²) in [6, 6.07) is 4.42. The summed E-state index contributed by atoms with van der Waals surface area (Å²) in [4.78, 5) is 6.71. The van der Waals surface area contributed by atoms with E-state index in [0.717, 1.165) is 37.6 Å². The van der Waals surface area contributed by atoms with Gasteiger partial charge >= 0.3 is 0 Å². The highest BCUT2D eigenvalue weighted by molar-refractivity contribution is 5.25. The third kappa shape index (κ3) is 2.80. The molecule has 1 atom stereocenters. The fourth-order valence-corrected chi connectivity index (χ4v) is 2.20. The van der Waals surface area contributed by atoms with E-state index in [-0.39, 0.29) is 0 Å². The van der Waals surface area contributed by atoms with E-state index in [1.54, 1.807) is 0 Å². The van der Waals surface area contributed by atoms with Gasteiger partial charge in [0.15, 0.2) is 0 Å². The number of pyridine rings is 1. The summed E-state index contributed by atoms with van der Waals surface area (Å²) in [5, 5.41) is 0. The molecule has 0 saturated carbocycles. The number of hydrogen-bond donors (Lipinski definition) is 0. The molecule has 0 N–H and O–H groups in total. The van der Waals surface area contributed by atoms with Crippen LogP contribution in [0.3, 0.4) is 0 Å². The van der Waals surface area contributed by atoms with E-state index in [1.165, 1.54) is 5.56 Å². The van der Waals surface area contributed by atoms with Gasteiger partial charge < -0.3 is 9.64 Å². The SMILES string of the molecule is Cc1cc(C2CCOC2)cc(CN(C)C)n1. The molecule has 0 aromatic carbocycles. The Bertz CT molecular complexity index is 357. The standard InChI is InChI=1S/C13H20N2O/c1-10-6-12(11-4-5-16-9-11)7-13(14-10)8-15(2)3/h6-7,11H,4-5,8-9H2,1-3H3. The Morgan fingerprint density at radius 2 is 2.25 bits per heavy atom. The van der Waals surface area contributed by atoms with Crippen LogP contribution in [0.4, 0.5) is 0 Å². The maximum Gasteiger partial charge on any atom is 0.0549 e. The molecule has 2 rings (SSSR count). The number of rotatable bonds is 3. The number of ether oxygens (including phenoxy) is 1. The van der Waals surface area contributed by atoms with Crippen molar-refractivity contribution < 1.29 is 4.74 Å². The lowest BCUT2D eigenvalue weighted by Gasteiger charge is -2.14. The Kier molecular flexibility index (Phi) is 3.56. The third-order valence-corrected chi connectivity index (χ3v) is 2.91. The Morgan fingerprint density at radius 3 is 2.88 bits per heavy atom. The van der Waals surface area contributed by atoms with Crippen LogP contribution < -0.4 is 0 Å². The minimum atomic E-state index is 0.572. The summed E-state index contributed by atoms with van der Waals surface area (Å²) >= 11 is 0. The molecule has 0 bridgehead atoms. The fourth-order valence-electron chi connectivity index (χ4n) is 2.20. The van der Waals surface area contributed by atoms with Crippen molar-refractivity contribution in [3.63, 3.8) is 0 Å². The predicted octanol–water partition coefficient (Wildman–Crippen LogP) is 1.96. The van der Waals surface area contributed by atoms with Crippen molar-refractivity contribution in [2.75, 3.05) is 27.3 Å². The van der Waals surface area contributed by atoms with Gasteiger partial charge in [0.1, 0.15) is 0 Å². The first-order valence-electron chi connectivity index (χ1n) is 5.85. The van der Waals surface area contributed by atoms with Gasteiger partial charge in [0.2, 0.25) is 0 Å². The van der Waals surface area contributed by atoms with Gasteiger partial charge in [-0.1, -0.05) is 0 Å². The second-order valence-corrected chi connectivity index (χ2v) is 4.83. The first-order chi connectivity index (χ1) is 7.65. The highest BCUT2D eigenvalue weighted by atomic mass is 16.5. The van der Waals surface area contributed by atoms with Crippen molar-refractivity contribution >= 4 is 0 Å². The van der Waals surface area contributed by atoms with Crippen molar-refractivity contribution in [3.05, 3.63) is 29.1 Å². The molecule has 1 unspecified atom stereocenters. The zero-order valence-corrected chi connectivity index (χ0v) is 10.4. The lowest BCUT2D eigenvalue weighted by atomic mass is 9.98. The molecule has 0 spiro atoms. The predicted molar refractivity (Wildman–Crippen MR) is 64.5 cm³/mol. The largest absolute Gasteiger partial charge is 0.381 e. The Morgan fingerprint density at radius 1 is 1.44 bits per heavy atom. The molecule has 1 fully saturated rings. The van der Waals surface area contributed by atoms with Crippen LogP contribution in [0.25, 0.3) is 0 Å². The second kappa shape index (κ2) is 4.93. The summed E-state index contributed by atoms with van der Waals surface area (Å²) < 4.78 is 5.44. The van der Waals surface area contributed by atoms with Crippen molar-refractivity contribution in [2.45, 2.75) is 25.8 Å². The lowest BCUT2D eigenvalue weighted by Crippen LogP contribution is -2.13. The van der Waals surface area contributed by atoms with E-state index >= 15 is 0 Å². The molecular weight excluding hydrogens is 200 g/mol. The van der Waals surface area contributed by atoms with Gasteiger partial charge in [-0.15, -0.1) is 0 Å². The first-order valence-corrected chi connectivity index (χ1v) is 5.85. The molecule has 1 aromatic rings. The average molecular weight is 220 g/mol. The minimum Gasteiger partial charge on any atom is -0.381 e. The van der Waals surface area contributed by atoms with Crippen LogP contribution in [-0.4, -0.2) is 37.2 Å². The number of aromatic nitrogens is 1. The van der Waals surface area contributed by atoms with Crippen molar-refractivity contribution in [1.29, 1.82) is 0 Å². The Balaban J connectivity index is 2.20. The van der Waals surface area contributed by atoms with Gasteiger partial charge in [-0.05, 0) is 45.1 Å². The van der Waals surface area contributed by atoms with E-state index < -0.39 is 0 Å². The summed E-state index contributed by atoms with van der Waals surface area (Å²) in [7, 11) is 4.14. The maximum atomic E-state index is 5.44. The molecule has 1 saturated heterocycles. The quantitative estimate of drug-likeness (QED) is 0.778. The highest BCUT2D eigenvalue weighted by Crippen LogP contribution is 2.26. The minimum absolute atomic E-state index is 0.572. The molecule has 1 aliphatic rings. The van der Waals surface area contributed by atoms with E-state index in [1.807, 2.05) is 0 Å². The van der Waals surface area contributed by atoms with Crippen LogP contribution in [-0.2, 0) is 11.3 Å². The van der Waals surface area contributed by atoms with Gasteiger partial charge in [-0.3, -0.25) is 4.98 Å². The zero-order chi connectivity index (χ0) is 11.5. The first kappa shape index (κ1) is 11.6. The summed E-state index contributed by atoms with van der Waals surface area (Å²) in [6.07, 6.45) is 1.14. The monoisotopic (exact) mass is 220 g/mol. The van der Waals surface area contributed by atoms with Crippen molar-refractivity contribution in [1.82, 2.24) is 9.88 Å². The summed E-state index contributed by atoms with van der Waals surface area (Å²) in [5.41, 5.74) is 3.66. The van der Waals surface area contributed by atoms with Gasteiger partial charge in [0.05, 0.1) is 12.3 Å². The normalized spacial score (nSPS) is 20.6. The number of nitrogens with zero attached hydrogens (tertiary/aromatic N) is 2. The van der Waals surface area contributed by atoms with Gasteiger partial charge in [0.25, 0.3) is 0 Å². The lowest BCUT2D eigenvalue weighted by molar-refractivity contribution is 0.194. The molecule has 16 heavy (non-hydrogen) atoms. The van der Waals surface area contributed by atoms with Gasteiger partial charge in [-0.25, -0.2) is 0 Å². The zero-order valence-electron chi connectivity index (χ0n) is 10.4. The average Bonchev–Trinajstić information content (AvgIpc) is 2.67. The molecule has 3 nitrogen and oxygen atoms in total. The van der Waals surface area contributed by atoms with E-state index in [0.29, 0.717) is 5.92 Å². The topological polar surface area (TPSA) is 25.4 Å². The smallest absolute Gasteiger partial charge is 0.0549 e. The molecule has 1 aliphatic heterocycles. The van der Waals surface area contributed by atoms with Crippen molar-refractivity contribution in [3.8, 4) is 0 Å².